The van der Waals surface area contributed by atoms with Crippen LogP contribution < -0.4 is 5.69 Å². The first kappa shape index (κ1) is 10.8. The molecule has 3 aromatic rings. The number of hydrogen-bond donors (Lipinski definition) is 2. The number of nitrogens with one attached hydrogen (secondary N) is 2. The van der Waals surface area contributed by atoms with Gasteiger partial charge in [-0.3, -0.25) is 4.98 Å². The van der Waals surface area contributed by atoms with Crippen LogP contribution in [-0.2, 0) is 0 Å². The van der Waals surface area contributed by atoms with Gasteiger partial charge in [0.05, 0.1) is 15.4 Å². The molecule has 0 radical (unpaired) electrons. The second-order valence-corrected chi connectivity index (χ2v) is 4.83. The molecule has 0 saturated heterocycles. The van der Waals surface area contributed by atoms with Crippen molar-refractivity contribution in [3.05, 3.63) is 40.4 Å². The number of nitrogens with zero attached hydrogens (tertiary/aromatic N) is 3. The second kappa shape index (κ2) is 4.19. The van der Waals surface area contributed by atoms with E-state index in [1.807, 2.05) is 31.2 Å². The molecule has 0 aliphatic carbocycles. The van der Waals surface area contributed by atoms with Gasteiger partial charge in [0.1, 0.15) is 5.69 Å². The van der Waals surface area contributed by atoms with E-state index in [1.165, 1.54) is 11.3 Å². The van der Waals surface area contributed by atoms with Crippen LogP contribution in [-0.4, -0.2) is 25.4 Å². The average molecular weight is 259 g/mol. The van der Waals surface area contributed by atoms with Crippen LogP contribution >= 0.6 is 11.3 Å². The van der Waals surface area contributed by atoms with E-state index in [0.717, 1.165) is 21.1 Å². The van der Waals surface area contributed by atoms with Crippen molar-refractivity contribution in [2.75, 3.05) is 0 Å². The van der Waals surface area contributed by atoms with Crippen molar-refractivity contribution < 1.29 is 0 Å². The summed E-state index contributed by atoms with van der Waals surface area (Å²) in [4.78, 5) is 15.5. The minimum Gasteiger partial charge on any atom is -0.288 e. The standard InChI is InChI=1S/C11H9N5OS/c1-6-2-3-7(14-13-6)8-4-5-9(18-8)10-12-11(17)16-15-10/h2-5H,1H3,(H2,12,15,16,17). The molecule has 0 spiro atoms. The van der Waals surface area contributed by atoms with Gasteiger partial charge in [-0.2, -0.15) is 10.2 Å². The van der Waals surface area contributed by atoms with Gasteiger partial charge < -0.3 is 0 Å². The molecule has 0 unspecified atom stereocenters. The first-order valence-electron chi connectivity index (χ1n) is 5.28. The van der Waals surface area contributed by atoms with E-state index in [9.17, 15) is 4.79 Å². The maximum Gasteiger partial charge on any atom is 0.340 e. The van der Waals surface area contributed by atoms with Gasteiger partial charge in [0, 0.05) is 0 Å². The van der Waals surface area contributed by atoms with Crippen LogP contribution in [0.5, 0.6) is 0 Å². The lowest BCUT2D eigenvalue weighted by Gasteiger charge is -1.95. The van der Waals surface area contributed by atoms with Crippen molar-refractivity contribution in [2.24, 2.45) is 0 Å². The summed E-state index contributed by atoms with van der Waals surface area (Å²) in [5, 5.41) is 14.4. The number of rotatable bonds is 2. The quantitative estimate of drug-likeness (QED) is 0.731. The monoisotopic (exact) mass is 259 g/mol. The highest BCUT2D eigenvalue weighted by molar-refractivity contribution is 7.18. The van der Waals surface area contributed by atoms with Gasteiger partial charge in [-0.25, -0.2) is 9.89 Å². The molecule has 3 aromatic heterocycles. The van der Waals surface area contributed by atoms with E-state index < -0.39 is 0 Å². The fourth-order valence-electron chi connectivity index (χ4n) is 1.52. The topological polar surface area (TPSA) is 87.3 Å². The Morgan fingerprint density at radius 2 is 1.94 bits per heavy atom. The van der Waals surface area contributed by atoms with Gasteiger partial charge >= 0.3 is 5.69 Å². The van der Waals surface area contributed by atoms with Crippen LogP contribution in [0.1, 0.15) is 5.69 Å². The Labute approximate surface area is 106 Å². The van der Waals surface area contributed by atoms with Crippen LogP contribution in [0, 0.1) is 6.92 Å². The number of H-pyrrole nitrogens is 2. The SMILES string of the molecule is Cc1ccc(-c2ccc(-c3n[nH]c(=O)[nH]3)s2)nn1. The lowest BCUT2D eigenvalue weighted by Crippen LogP contribution is -2.00. The highest BCUT2D eigenvalue weighted by Gasteiger charge is 2.08. The van der Waals surface area contributed by atoms with E-state index >= 15 is 0 Å². The van der Waals surface area contributed by atoms with E-state index in [-0.39, 0.29) is 5.69 Å². The minimum atomic E-state index is -0.310. The highest BCUT2D eigenvalue weighted by Crippen LogP contribution is 2.30. The summed E-state index contributed by atoms with van der Waals surface area (Å²) in [5.41, 5.74) is 1.39. The summed E-state index contributed by atoms with van der Waals surface area (Å²) >= 11 is 1.50. The molecule has 0 aromatic carbocycles. The van der Waals surface area contributed by atoms with E-state index in [1.54, 1.807) is 0 Å². The number of aryl methyl sites for hydroxylation is 1. The Morgan fingerprint density at radius 3 is 2.61 bits per heavy atom. The zero-order valence-corrected chi connectivity index (χ0v) is 10.3. The molecule has 0 fully saturated rings. The predicted molar refractivity (Wildman–Crippen MR) is 68.3 cm³/mol. The summed E-state index contributed by atoms with van der Waals surface area (Å²) in [5.74, 6) is 0.538. The van der Waals surface area contributed by atoms with Gasteiger partial charge in [-0.15, -0.1) is 16.4 Å². The molecule has 3 heterocycles. The summed E-state index contributed by atoms with van der Waals surface area (Å²) in [6.07, 6.45) is 0. The van der Waals surface area contributed by atoms with Gasteiger partial charge in [-0.1, -0.05) is 0 Å². The summed E-state index contributed by atoms with van der Waals surface area (Å²) < 4.78 is 0. The number of hydrogen-bond acceptors (Lipinski definition) is 5. The molecule has 0 amide bonds. The van der Waals surface area contributed by atoms with Crippen molar-refractivity contribution in [1.29, 1.82) is 0 Å². The molecule has 0 saturated carbocycles. The molecule has 0 aliphatic rings. The Bertz CT molecular complexity index is 724. The number of thiophene rings is 1. The van der Waals surface area contributed by atoms with Crippen molar-refractivity contribution in [3.63, 3.8) is 0 Å². The van der Waals surface area contributed by atoms with Gasteiger partial charge in [-0.05, 0) is 31.2 Å². The third kappa shape index (κ3) is 1.95. The van der Waals surface area contributed by atoms with Gasteiger partial charge in [0.2, 0.25) is 0 Å². The van der Waals surface area contributed by atoms with Crippen LogP contribution in [0.15, 0.2) is 29.1 Å². The van der Waals surface area contributed by atoms with Crippen LogP contribution in [0.3, 0.4) is 0 Å². The van der Waals surface area contributed by atoms with Crippen LogP contribution in [0.4, 0.5) is 0 Å². The maximum absolute atomic E-state index is 11.0. The number of aromatic amines is 2. The van der Waals surface area contributed by atoms with Gasteiger partial charge in [0.25, 0.3) is 0 Å². The molecule has 3 rings (SSSR count). The molecule has 6 nitrogen and oxygen atoms in total. The predicted octanol–water partition coefficient (Wildman–Crippen LogP) is 1.59. The van der Waals surface area contributed by atoms with Crippen molar-refractivity contribution in [1.82, 2.24) is 25.4 Å². The maximum atomic E-state index is 11.0. The zero-order valence-electron chi connectivity index (χ0n) is 9.47. The molecule has 2 N–H and O–H groups in total. The molecule has 7 heteroatoms. The Morgan fingerprint density at radius 1 is 1.11 bits per heavy atom. The Hall–Kier alpha value is -2.28. The summed E-state index contributed by atoms with van der Waals surface area (Å²) in [6.45, 7) is 1.89. The Balaban J connectivity index is 1.98. The lowest BCUT2D eigenvalue weighted by atomic mass is 10.3. The first-order valence-corrected chi connectivity index (χ1v) is 6.09. The Kier molecular flexibility index (Phi) is 2.52. The molecule has 0 bridgehead atoms. The van der Waals surface area contributed by atoms with Crippen molar-refractivity contribution in [2.45, 2.75) is 6.92 Å². The molecular formula is C11H9N5OS. The first-order chi connectivity index (χ1) is 8.72. The molecule has 0 atom stereocenters. The summed E-state index contributed by atoms with van der Waals surface area (Å²) in [7, 11) is 0. The third-order valence-corrected chi connectivity index (χ3v) is 3.51. The molecule has 0 aliphatic heterocycles. The normalized spacial score (nSPS) is 10.7. The summed E-state index contributed by atoms with van der Waals surface area (Å²) in [6, 6.07) is 7.67. The van der Waals surface area contributed by atoms with E-state index in [2.05, 4.69) is 25.4 Å². The fraction of sp³-hybridized carbons (Fsp3) is 0.0909. The molecule has 18 heavy (non-hydrogen) atoms. The molecular weight excluding hydrogens is 250 g/mol. The van der Waals surface area contributed by atoms with E-state index in [0.29, 0.717) is 5.82 Å². The fourth-order valence-corrected chi connectivity index (χ4v) is 2.44. The van der Waals surface area contributed by atoms with Crippen molar-refractivity contribution in [3.8, 4) is 21.3 Å². The van der Waals surface area contributed by atoms with Crippen LogP contribution in [0.25, 0.3) is 21.3 Å². The van der Waals surface area contributed by atoms with E-state index in [4.69, 9.17) is 0 Å². The minimum absolute atomic E-state index is 0.310. The second-order valence-electron chi connectivity index (χ2n) is 3.75. The number of aromatic nitrogens is 5. The smallest absolute Gasteiger partial charge is 0.288 e. The molecule has 90 valence electrons. The average Bonchev–Trinajstić information content (AvgIpc) is 2.98. The third-order valence-electron chi connectivity index (χ3n) is 2.39. The lowest BCUT2D eigenvalue weighted by molar-refractivity contribution is 0.989. The van der Waals surface area contributed by atoms with Crippen LogP contribution in [0.2, 0.25) is 0 Å². The zero-order chi connectivity index (χ0) is 12.5. The van der Waals surface area contributed by atoms with Gasteiger partial charge in [0.15, 0.2) is 5.82 Å². The largest absolute Gasteiger partial charge is 0.340 e. The van der Waals surface area contributed by atoms with Crippen molar-refractivity contribution >= 4 is 11.3 Å². The highest BCUT2D eigenvalue weighted by atomic mass is 32.1.